The van der Waals surface area contributed by atoms with Gasteiger partial charge in [0.25, 0.3) is 11.9 Å². The summed E-state index contributed by atoms with van der Waals surface area (Å²) in [5.74, 6) is -1.32. The SMILES string of the molecule is C[C@@H]1OC(N)=N[C@H]1CCc1ccc(NC(=O)c2cccnc2F)cc1. The predicted octanol–water partition coefficient (Wildman–Crippen LogP) is 2.51. The highest BCUT2D eigenvalue weighted by molar-refractivity contribution is 6.04. The lowest BCUT2D eigenvalue weighted by Gasteiger charge is -2.12. The molecule has 2 heterocycles. The van der Waals surface area contributed by atoms with E-state index in [-0.39, 0.29) is 23.7 Å². The van der Waals surface area contributed by atoms with Crippen molar-refractivity contribution in [3.63, 3.8) is 0 Å². The zero-order chi connectivity index (χ0) is 17.8. The van der Waals surface area contributed by atoms with Crippen LogP contribution in [0.2, 0.25) is 0 Å². The molecule has 1 aromatic carbocycles. The van der Waals surface area contributed by atoms with E-state index in [0.717, 1.165) is 18.4 Å². The van der Waals surface area contributed by atoms with Gasteiger partial charge >= 0.3 is 0 Å². The Hall–Kier alpha value is -2.96. The third-order valence-corrected chi connectivity index (χ3v) is 4.09. The molecule has 1 amide bonds. The predicted molar refractivity (Wildman–Crippen MR) is 92.9 cm³/mol. The number of amides is 1. The minimum Gasteiger partial charge on any atom is -0.460 e. The quantitative estimate of drug-likeness (QED) is 0.817. The first-order valence-electron chi connectivity index (χ1n) is 8.03. The fourth-order valence-corrected chi connectivity index (χ4v) is 2.69. The van der Waals surface area contributed by atoms with Crippen LogP contribution in [0.1, 0.15) is 29.3 Å². The summed E-state index contributed by atoms with van der Waals surface area (Å²) in [5.41, 5.74) is 7.18. The van der Waals surface area contributed by atoms with Crippen LogP contribution in [0.25, 0.3) is 0 Å². The van der Waals surface area contributed by atoms with Crippen molar-refractivity contribution < 1.29 is 13.9 Å². The van der Waals surface area contributed by atoms with E-state index in [1.807, 2.05) is 19.1 Å². The smallest absolute Gasteiger partial charge is 0.282 e. The number of hydrogen-bond acceptors (Lipinski definition) is 5. The van der Waals surface area contributed by atoms with E-state index in [4.69, 9.17) is 10.5 Å². The van der Waals surface area contributed by atoms with E-state index in [9.17, 15) is 9.18 Å². The molecule has 3 N–H and O–H groups in total. The highest BCUT2D eigenvalue weighted by Gasteiger charge is 2.25. The number of carbonyl (C=O) groups is 1. The second-order valence-corrected chi connectivity index (χ2v) is 5.89. The Morgan fingerprint density at radius 3 is 2.72 bits per heavy atom. The lowest BCUT2D eigenvalue weighted by molar-refractivity contribution is 0.102. The van der Waals surface area contributed by atoms with Crippen LogP contribution in [0.3, 0.4) is 0 Å². The fourth-order valence-electron chi connectivity index (χ4n) is 2.69. The summed E-state index contributed by atoms with van der Waals surface area (Å²) in [5, 5.41) is 2.66. The van der Waals surface area contributed by atoms with Gasteiger partial charge in [0.2, 0.25) is 5.95 Å². The first-order valence-corrected chi connectivity index (χ1v) is 8.03. The average Bonchev–Trinajstić information content (AvgIpc) is 2.92. The maximum absolute atomic E-state index is 13.5. The van der Waals surface area contributed by atoms with Gasteiger partial charge in [0.05, 0.1) is 11.6 Å². The molecule has 0 saturated heterocycles. The highest BCUT2D eigenvalue weighted by Crippen LogP contribution is 2.19. The molecule has 3 rings (SSSR count). The summed E-state index contributed by atoms with van der Waals surface area (Å²) in [4.78, 5) is 19.8. The van der Waals surface area contributed by atoms with Crippen molar-refractivity contribution in [2.24, 2.45) is 10.7 Å². The van der Waals surface area contributed by atoms with E-state index >= 15 is 0 Å². The first kappa shape index (κ1) is 16.9. The number of nitrogens with two attached hydrogens (primary N) is 1. The van der Waals surface area contributed by atoms with Crippen LogP contribution >= 0.6 is 0 Å². The molecule has 130 valence electrons. The van der Waals surface area contributed by atoms with Crippen LogP contribution in [0.5, 0.6) is 0 Å². The van der Waals surface area contributed by atoms with E-state index in [2.05, 4.69) is 15.3 Å². The zero-order valence-electron chi connectivity index (χ0n) is 13.8. The van der Waals surface area contributed by atoms with Crippen LogP contribution < -0.4 is 11.1 Å². The summed E-state index contributed by atoms with van der Waals surface area (Å²) in [6.07, 6.45) is 2.94. The van der Waals surface area contributed by atoms with E-state index < -0.39 is 11.9 Å². The number of pyridine rings is 1. The number of aryl methyl sites for hydroxylation is 1. The maximum Gasteiger partial charge on any atom is 0.282 e. The van der Waals surface area contributed by atoms with Gasteiger partial charge < -0.3 is 15.8 Å². The number of ether oxygens (including phenoxy) is 1. The van der Waals surface area contributed by atoms with Crippen LogP contribution in [0.4, 0.5) is 10.1 Å². The van der Waals surface area contributed by atoms with Crippen molar-refractivity contribution in [2.45, 2.75) is 31.9 Å². The topological polar surface area (TPSA) is 89.6 Å². The van der Waals surface area contributed by atoms with Crippen molar-refractivity contribution in [3.8, 4) is 0 Å². The Bertz CT molecular complexity index is 792. The molecule has 25 heavy (non-hydrogen) atoms. The molecule has 1 aliphatic heterocycles. The highest BCUT2D eigenvalue weighted by atomic mass is 19.1. The van der Waals surface area contributed by atoms with Crippen molar-refractivity contribution in [1.82, 2.24) is 4.98 Å². The standard InChI is InChI=1S/C18H19FN4O2/c1-11-15(23-18(20)25-11)9-6-12-4-7-13(8-5-12)22-17(24)14-3-2-10-21-16(14)19/h2-5,7-8,10-11,15H,6,9H2,1H3,(H2,20,23)(H,22,24)/t11-,15-/m0/s1. The third kappa shape index (κ3) is 4.12. The molecule has 2 aromatic rings. The van der Waals surface area contributed by atoms with Gasteiger partial charge in [0, 0.05) is 11.9 Å². The van der Waals surface area contributed by atoms with Crippen molar-refractivity contribution in [3.05, 3.63) is 59.7 Å². The number of amidine groups is 1. The number of aromatic nitrogens is 1. The molecule has 0 unspecified atom stereocenters. The van der Waals surface area contributed by atoms with Gasteiger partial charge in [-0.2, -0.15) is 4.39 Å². The fraction of sp³-hybridized carbons (Fsp3) is 0.278. The molecule has 0 spiro atoms. The summed E-state index contributed by atoms with van der Waals surface area (Å²) < 4.78 is 18.8. The number of nitrogens with one attached hydrogen (secondary N) is 1. The Kier molecular flexibility index (Phi) is 4.92. The Balaban J connectivity index is 1.57. The van der Waals surface area contributed by atoms with Gasteiger partial charge in [0.15, 0.2) is 0 Å². The number of anilines is 1. The zero-order valence-corrected chi connectivity index (χ0v) is 13.8. The number of carbonyl (C=O) groups excluding carboxylic acids is 1. The average molecular weight is 342 g/mol. The second kappa shape index (κ2) is 7.29. The Morgan fingerprint density at radius 1 is 1.32 bits per heavy atom. The molecule has 7 heteroatoms. The number of aliphatic imine (C=N–C) groups is 1. The number of halogens is 1. The van der Waals surface area contributed by atoms with Gasteiger partial charge in [-0.25, -0.2) is 9.98 Å². The van der Waals surface area contributed by atoms with Crippen molar-refractivity contribution in [2.75, 3.05) is 5.32 Å². The second-order valence-electron chi connectivity index (χ2n) is 5.89. The summed E-state index contributed by atoms with van der Waals surface area (Å²) in [7, 11) is 0. The maximum atomic E-state index is 13.5. The molecule has 0 bridgehead atoms. The molecule has 6 nitrogen and oxygen atoms in total. The lowest BCUT2D eigenvalue weighted by Crippen LogP contribution is -2.20. The van der Waals surface area contributed by atoms with Gasteiger partial charge in [0.1, 0.15) is 6.10 Å². The third-order valence-electron chi connectivity index (χ3n) is 4.09. The van der Waals surface area contributed by atoms with Crippen LogP contribution in [0.15, 0.2) is 47.6 Å². The summed E-state index contributed by atoms with van der Waals surface area (Å²) in [6.45, 7) is 1.95. The molecule has 1 aromatic heterocycles. The van der Waals surface area contributed by atoms with Gasteiger partial charge in [-0.05, 0) is 49.6 Å². The van der Waals surface area contributed by atoms with Crippen LogP contribution in [-0.2, 0) is 11.2 Å². The number of hydrogen-bond donors (Lipinski definition) is 2. The van der Waals surface area contributed by atoms with Gasteiger partial charge in [-0.1, -0.05) is 12.1 Å². The summed E-state index contributed by atoms with van der Waals surface area (Å²) in [6, 6.07) is 10.6. The van der Waals surface area contributed by atoms with Gasteiger partial charge in [-0.3, -0.25) is 4.79 Å². The number of rotatable bonds is 5. The van der Waals surface area contributed by atoms with E-state index in [0.29, 0.717) is 5.69 Å². The van der Waals surface area contributed by atoms with E-state index in [1.54, 1.807) is 12.1 Å². The largest absolute Gasteiger partial charge is 0.460 e. The number of benzene rings is 1. The molecular formula is C18H19FN4O2. The van der Waals surface area contributed by atoms with Gasteiger partial charge in [-0.15, -0.1) is 0 Å². The minimum atomic E-state index is -0.788. The molecule has 0 aliphatic carbocycles. The summed E-state index contributed by atoms with van der Waals surface area (Å²) >= 11 is 0. The Morgan fingerprint density at radius 2 is 2.08 bits per heavy atom. The molecule has 0 fully saturated rings. The minimum absolute atomic E-state index is 0.00654. The van der Waals surface area contributed by atoms with Crippen LogP contribution in [0, 0.1) is 5.95 Å². The van der Waals surface area contributed by atoms with Crippen molar-refractivity contribution >= 4 is 17.6 Å². The van der Waals surface area contributed by atoms with E-state index in [1.165, 1.54) is 18.3 Å². The molecular weight excluding hydrogens is 323 g/mol. The monoisotopic (exact) mass is 342 g/mol. The first-order chi connectivity index (χ1) is 12.0. The molecule has 0 saturated carbocycles. The lowest BCUT2D eigenvalue weighted by atomic mass is 10.0. The number of nitrogens with zero attached hydrogens (tertiary/aromatic N) is 2. The van der Waals surface area contributed by atoms with Crippen molar-refractivity contribution in [1.29, 1.82) is 0 Å². The molecule has 1 aliphatic rings. The van der Waals surface area contributed by atoms with Crippen LogP contribution in [-0.4, -0.2) is 29.1 Å². The molecule has 0 radical (unpaired) electrons. The normalized spacial score (nSPS) is 19.2. The molecule has 2 atom stereocenters. The Labute approximate surface area is 144 Å².